The molecule has 14 nitrogen and oxygen atoms in total. The molecule has 0 aliphatic carbocycles. The van der Waals surface area contributed by atoms with Crippen LogP contribution in [0, 0.1) is 0 Å². The molecule has 0 aromatic heterocycles. The Labute approximate surface area is 168 Å². The molecule has 0 aliphatic heterocycles. The normalized spacial score (nSPS) is 15.9. The van der Waals surface area contributed by atoms with Gasteiger partial charge in [-0.3, -0.25) is 19.2 Å². The van der Waals surface area contributed by atoms with Crippen LogP contribution in [0.4, 0.5) is 0 Å². The minimum atomic E-state index is -4.27. The highest BCUT2D eigenvalue weighted by Crippen LogP contribution is 2.26. The standard InChI is InChI=1S/C16H22O14/c1-7(2)11(19)13(21,15(23,24)25)29-9(17)5-6-10(18)30-14(22,16(26,27)28)12(20)8(3)4/h21-28H,1,3,5-6H2,2,4H3. The molecule has 0 amide bonds. The average molecular weight is 438 g/mol. The van der Waals surface area contributed by atoms with E-state index in [0.717, 1.165) is 13.8 Å². The lowest BCUT2D eigenvalue weighted by atomic mass is 10.0. The Morgan fingerprint density at radius 2 is 0.867 bits per heavy atom. The summed E-state index contributed by atoms with van der Waals surface area (Å²) in [5, 5.41) is 74.3. The van der Waals surface area contributed by atoms with Crippen molar-refractivity contribution in [3.8, 4) is 0 Å². The van der Waals surface area contributed by atoms with E-state index in [1.807, 2.05) is 0 Å². The fourth-order valence-corrected chi connectivity index (χ4v) is 1.75. The number of carbonyl (C=O) groups excluding carboxylic acids is 4. The molecule has 0 fully saturated rings. The first-order chi connectivity index (χ1) is 13.2. The lowest BCUT2D eigenvalue weighted by Crippen LogP contribution is -2.62. The maximum absolute atomic E-state index is 11.8. The second kappa shape index (κ2) is 9.07. The summed E-state index contributed by atoms with van der Waals surface area (Å²) in [6, 6.07) is 0. The quantitative estimate of drug-likeness (QED) is 0.0865. The molecule has 0 spiro atoms. The molecule has 0 aromatic rings. The van der Waals surface area contributed by atoms with Crippen LogP contribution in [-0.4, -0.2) is 87.9 Å². The third kappa shape index (κ3) is 5.97. The van der Waals surface area contributed by atoms with E-state index < -0.39 is 71.0 Å². The Bertz CT molecular complexity index is 691. The highest BCUT2D eigenvalue weighted by molar-refractivity contribution is 6.02. The van der Waals surface area contributed by atoms with Gasteiger partial charge in [-0.1, -0.05) is 13.2 Å². The van der Waals surface area contributed by atoms with Crippen LogP contribution in [0.25, 0.3) is 0 Å². The maximum atomic E-state index is 11.8. The van der Waals surface area contributed by atoms with Crippen LogP contribution in [0.1, 0.15) is 26.7 Å². The summed E-state index contributed by atoms with van der Waals surface area (Å²) in [6.45, 7) is 8.06. The van der Waals surface area contributed by atoms with E-state index in [2.05, 4.69) is 22.6 Å². The van der Waals surface area contributed by atoms with Gasteiger partial charge in [0, 0.05) is 0 Å². The molecule has 0 saturated carbocycles. The molecule has 0 rings (SSSR count). The van der Waals surface area contributed by atoms with Crippen LogP contribution in [0.3, 0.4) is 0 Å². The molecule has 14 heteroatoms. The van der Waals surface area contributed by atoms with Crippen LogP contribution in [-0.2, 0) is 28.7 Å². The van der Waals surface area contributed by atoms with E-state index in [1.165, 1.54) is 0 Å². The lowest BCUT2D eigenvalue weighted by molar-refractivity contribution is -0.428. The highest BCUT2D eigenvalue weighted by Gasteiger charge is 2.59. The van der Waals surface area contributed by atoms with Gasteiger partial charge < -0.3 is 50.3 Å². The minimum absolute atomic E-state index is 0.570. The summed E-state index contributed by atoms with van der Waals surface area (Å²) in [5.74, 6) is -23.2. The predicted octanol–water partition coefficient (Wildman–Crippen LogP) is -4.22. The number of rotatable bonds is 11. The zero-order valence-corrected chi connectivity index (χ0v) is 15.9. The minimum Gasteiger partial charge on any atom is -0.417 e. The van der Waals surface area contributed by atoms with Crippen molar-refractivity contribution < 1.29 is 69.5 Å². The summed E-state index contributed by atoms with van der Waals surface area (Å²) in [4.78, 5) is 47.0. The van der Waals surface area contributed by atoms with Crippen molar-refractivity contribution in [2.75, 3.05) is 0 Å². The van der Waals surface area contributed by atoms with Gasteiger partial charge in [0.15, 0.2) is 0 Å². The van der Waals surface area contributed by atoms with Crippen LogP contribution in [0.5, 0.6) is 0 Å². The molecular weight excluding hydrogens is 416 g/mol. The number of esters is 2. The van der Waals surface area contributed by atoms with E-state index in [-0.39, 0.29) is 0 Å². The molecule has 0 aliphatic rings. The topological polar surface area (TPSA) is 249 Å². The second-order valence-corrected chi connectivity index (χ2v) is 6.23. The maximum Gasteiger partial charge on any atom is 0.358 e. The molecule has 2 atom stereocenters. The van der Waals surface area contributed by atoms with Crippen LogP contribution in [0.2, 0.25) is 0 Å². The van der Waals surface area contributed by atoms with Crippen molar-refractivity contribution in [2.45, 2.75) is 50.2 Å². The summed E-state index contributed by atoms with van der Waals surface area (Å²) in [6.07, 6.45) is -2.26. The van der Waals surface area contributed by atoms with E-state index in [1.54, 1.807) is 0 Å². The first-order valence-electron chi connectivity index (χ1n) is 7.84. The van der Waals surface area contributed by atoms with E-state index in [4.69, 9.17) is 30.6 Å². The van der Waals surface area contributed by atoms with Crippen molar-refractivity contribution in [1.82, 2.24) is 0 Å². The van der Waals surface area contributed by atoms with Crippen molar-refractivity contribution >= 4 is 23.5 Å². The Kier molecular flexibility index (Phi) is 8.29. The van der Waals surface area contributed by atoms with E-state index in [0.29, 0.717) is 0 Å². The molecule has 30 heavy (non-hydrogen) atoms. The summed E-state index contributed by atoms with van der Waals surface area (Å²) >= 11 is 0. The molecular formula is C16H22O14. The van der Waals surface area contributed by atoms with Crippen LogP contribution < -0.4 is 0 Å². The van der Waals surface area contributed by atoms with Gasteiger partial charge in [-0.05, 0) is 25.0 Å². The number of ether oxygens (including phenoxy) is 2. The Balaban J connectivity index is 5.37. The lowest BCUT2D eigenvalue weighted by Gasteiger charge is -2.33. The fraction of sp³-hybridized carbons (Fsp3) is 0.500. The molecule has 2 unspecified atom stereocenters. The van der Waals surface area contributed by atoms with E-state index in [9.17, 15) is 29.4 Å². The second-order valence-electron chi connectivity index (χ2n) is 6.23. The smallest absolute Gasteiger partial charge is 0.358 e. The van der Waals surface area contributed by atoms with Gasteiger partial charge >= 0.3 is 35.5 Å². The Morgan fingerprint density at radius 1 is 0.633 bits per heavy atom. The average Bonchev–Trinajstić information content (AvgIpc) is 2.55. The zero-order chi connectivity index (χ0) is 24.3. The molecule has 0 radical (unpaired) electrons. The van der Waals surface area contributed by atoms with Gasteiger partial charge in [-0.25, -0.2) is 0 Å². The Morgan fingerprint density at radius 3 is 1.03 bits per heavy atom. The summed E-state index contributed by atoms with van der Waals surface area (Å²) in [7, 11) is 0. The number of hydrogen-bond acceptors (Lipinski definition) is 14. The van der Waals surface area contributed by atoms with Crippen LogP contribution in [0.15, 0.2) is 24.3 Å². The zero-order valence-electron chi connectivity index (χ0n) is 15.9. The van der Waals surface area contributed by atoms with Crippen LogP contribution >= 0.6 is 0 Å². The molecule has 0 heterocycles. The van der Waals surface area contributed by atoms with Gasteiger partial charge in [0.25, 0.3) is 0 Å². The molecule has 170 valence electrons. The molecule has 0 saturated heterocycles. The number of carbonyl (C=O) groups is 4. The number of aliphatic hydroxyl groups is 8. The van der Waals surface area contributed by atoms with Gasteiger partial charge in [-0.2, -0.15) is 0 Å². The molecule has 0 bridgehead atoms. The van der Waals surface area contributed by atoms with Gasteiger partial charge in [0.05, 0.1) is 12.8 Å². The SMILES string of the molecule is C=C(C)C(=O)C(O)(OC(=O)CCC(=O)OC(O)(C(=O)C(=C)C)C(O)(O)O)C(O)(O)O. The summed E-state index contributed by atoms with van der Waals surface area (Å²) < 4.78 is 8.23. The Hall–Kier alpha value is -2.56. The predicted molar refractivity (Wildman–Crippen MR) is 89.7 cm³/mol. The third-order valence-corrected chi connectivity index (χ3v) is 3.36. The monoisotopic (exact) mass is 438 g/mol. The first-order valence-corrected chi connectivity index (χ1v) is 7.84. The third-order valence-electron chi connectivity index (χ3n) is 3.36. The molecule has 0 aromatic carbocycles. The highest BCUT2D eigenvalue weighted by atomic mass is 16.8. The number of ketones is 2. The number of Topliss-reactive ketones (excluding diaryl/α,β-unsaturated/α-hetero) is 2. The van der Waals surface area contributed by atoms with Crippen molar-refractivity contribution in [1.29, 1.82) is 0 Å². The van der Waals surface area contributed by atoms with Gasteiger partial charge in [0.1, 0.15) is 0 Å². The largest absolute Gasteiger partial charge is 0.417 e. The fourth-order valence-electron chi connectivity index (χ4n) is 1.75. The summed E-state index contributed by atoms with van der Waals surface area (Å²) in [5.41, 5.74) is -1.14. The van der Waals surface area contributed by atoms with Crippen molar-refractivity contribution in [3.05, 3.63) is 24.3 Å². The van der Waals surface area contributed by atoms with Gasteiger partial charge in [0.2, 0.25) is 11.6 Å². The van der Waals surface area contributed by atoms with Gasteiger partial charge in [-0.15, -0.1) is 0 Å². The van der Waals surface area contributed by atoms with E-state index >= 15 is 0 Å². The van der Waals surface area contributed by atoms with Crippen molar-refractivity contribution in [3.63, 3.8) is 0 Å². The van der Waals surface area contributed by atoms with Crippen molar-refractivity contribution in [2.24, 2.45) is 0 Å². The molecule has 8 N–H and O–H groups in total. The number of hydrogen-bond donors (Lipinski definition) is 8. The first kappa shape index (κ1) is 27.4.